The fourth-order valence-electron chi connectivity index (χ4n) is 1.91. The summed E-state index contributed by atoms with van der Waals surface area (Å²) < 4.78 is 6.10. The molecular formula is C14H10BrNO2S. The van der Waals surface area contributed by atoms with Gasteiger partial charge in [0, 0.05) is 15.4 Å². The van der Waals surface area contributed by atoms with E-state index >= 15 is 0 Å². The molecule has 0 fully saturated rings. The van der Waals surface area contributed by atoms with E-state index in [0.717, 1.165) is 15.0 Å². The molecule has 0 saturated carbocycles. The maximum Gasteiger partial charge on any atom is 0.340 e. The van der Waals surface area contributed by atoms with Crippen molar-refractivity contribution in [2.75, 3.05) is 0 Å². The summed E-state index contributed by atoms with van der Waals surface area (Å²) in [5.74, 6) is -0.293. The summed E-state index contributed by atoms with van der Waals surface area (Å²) in [6, 6.07) is 7.94. The van der Waals surface area contributed by atoms with Crippen LogP contribution in [0.5, 0.6) is 0 Å². The molecule has 1 aliphatic rings. The molecule has 1 atom stereocenters. The first kappa shape index (κ1) is 12.6. The van der Waals surface area contributed by atoms with Gasteiger partial charge in [0.25, 0.3) is 0 Å². The molecule has 3 nitrogen and oxygen atoms in total. The van der Waals surface area contributed by atoms with Crippen LogP contribution in [0.4, 0.5) is 0 Å². The molecule has 2 heterocycles. The quantitative estimate of drug-likeness (QED) is 0.781. The van der Waals surface area contributed by atoms with E-state index in [9.17, 15) is 4.79 Å². The van der Waals surface area contributed by atoms with Gasteiger partial charge in [-0.2, -0.15) is 0 Å². The Hall–Kier alpha value is -1.46. The van der Waals surface area contributed by atoms with E-state index in [1.807, 2.05) is 42.6 Å². The Balaban J connectivity index is 1.96. The number of ether oxygens (including phenoxy) is 1. The van der Waals surface area contributed by atoms with Gasteiger partial charge in [0.15, 0.2) is 0 Å². The van der Waals surface area contributed by atoms with E-state index in [1.165, 1.54) is 11.3 Å². The molecule has 0 aliphatic carbocycles. The van der Waals surface area contributed by atoms with Gasteiger partial charge in [-0.05, 0) is 25.1 Å². The second-order valence-corrected chi connectivity index (χ2v) is 6.01. The van der Waals surface area contributed by atoms with Crippen molar-refractivity contribution in [3.05, 3.63) is 45.9 Å². The van der Waals surface area contributed by atoms with Crippen molar-refractivity contribution in [1.29, 1.82) is 0 Å². The Morgan fingerprint density at radius 1 is 1.42 bits per heavy atom. The number of halogens is 1. The average Bonchev–Trinajstić information content (AvgIpc) is 2.96. The van der Waals surface area contributed by atoms with Crippen LogP contribution < -0.4 is 0 Å². The number of hydrogen-bond acceptors (Lipinski definition) is 4. The predicted molar refractivity (Wildman–Crippen MR) is 78.8 cm³/mol. The lowest BCUT2D eigenvalue weighted by molar-refractivity contribution is -0.137. The van der Waals surface area contributed by atoms with Crippen molar-refractivity contribution in [3.63, 3.8) is 0 Å². The number of cyclic esters (lactones) is 1. The molecule has 0 radical (unpaired) electrons. The molecule has 0 spiro atoms. The minimum Gasteiger partial charge on any atom is -0.455 e. The molecule has 0 saturated heterocycles. The highest BCUT2D eigenvalue weighted by Gasteiger charge is 2.25. The monoisotopic (exact) mass is 335 g/mol. The van der Waals surface area contributed by atoms with Crippen LogP contribution in [0.25, 0.3) is 16.1 Å². The summed E-state index contributed by atoms with van der Waals surface area (Å²) >= 11 is 4.96. The lowest BCUT2D eigenvalue weighted by Gasteiger charge is -1.98. The summed E-state index contributed by atoms with van der Waals surface area (Å²) in [5, 5.41) is 2.78. The topological polar surface area (TPSA) is 39.2 Å². The molecule has 1 aromatic carbocycles. The molecule has 2 aromatic rings. The first-order valence-electron chi connectivity index (χ1n) is 5.78. The zero-order valence-corrected chi connectivity index (χ0v) is 12.5. The number of carbonyl (C=O) groups excluding carboxylic acids is 1. The van der Waals surface area contributed by atoms with Gasteiger partial charge < -0.3 is 4.74 Å². The molecule has 1 unspecified atom stereocenters. The van der Waals surface area contributed by atoms with Gasteiger partial charge in [0.1, 0.15) is 11.1 Å². The number of aromatic nitrogens is 1. The van der Waals surface area contributed by atoms with Gasteiger partial charge in [-0.1, -0.05) is 28.1 Å². The Morgan fingerprint density at radius 2 is 2.26 bits per heavy atom. The normalized spacial score (nSPS) is 18.3. The number of hydrogen-bond donors (Lipinski definition) is 0. The van der Waals surface area contributed by atoms with Crippen molar-refractivity contribution in [2.24, 2.45) is 0 Å². The van der Waals surface area contributed by atoms with Gasteiger partial charge in [0.2, 0.25) is 0 Å². The standard InChI is InChI=1S/C14H10BrNO2S/c1-8-5-11(14(17)18-8)12-7-19-13(16-12)9-3-2-4-10(15)6-9/h2-8H,1H3. The van der Waals surface area contributed by atoms with Gasteiger partial charge in [-0.25, -0.2) is 9.78 Å². The number of nitrogens with zero attached hydrogens (tertiary/aromatic N) is 1. The third-order valence-electron chi connectivity index (χ3n) is 2.77. The Bertz CT molecular complexity index is 678. The second kappa shape index (κ2) is 4.90. The van der Waals surface area contributed by atoms with Crippen LogP contribution in [-0.4, -0.2) is 17.1 Å². The van der Waals surface area contributed by atoms with Crippen molar-refractivity contribution >= 4 is 38.8 Å². The minimum absolute atomic E-state index is 0.168. The van der Waals surface area contributed by atoms with Crippen LogP contribution in [-0.2, 0) is 9.53 Å². The summed E-state index contributed by atoms with van der Waals surface area (Å²) in [5.41, 5.74) is 2.28. The second-order valence-electron chi connectivity index (χ2n) is 4.24. The maximum atomic E-state index is 11.7. The van der Waals surface area contributed by atoms with Gasteiger partial charge in [0.05, 0.1) is 11.3 Å². The minimum atomic E-state index is -0.293. The van der Waals surface area contributed by atoms with Crippen LogP contribution in [0.1, 0.15) is 12.6 Å². The average molecular weight is 336 g/mol. The maximum absolute atomic E-state index is 11.7. The van der Waals surface area contributed by atoms with Crippen LogP contribution >= 0.6 is 27.3 Å². The third kappa shape index (κ3) is 2.48. The van der Waals surface area contributed by atoms with Crippen LogP contribution in [0, 0.1) is 0 Å². The molecule has 0 amide bonds. The number of rotatable bonds is 2. The van der Waals surface area contributed by atoms with Crippen molar-refractivity contribution in [2.45, 2.75) is 13.0 Å². The Labute approximate surface area is 123 Å². The zero-order chi connectivity index (χ0) is 13.4. The molecule has 0 N–H and O–H groups in total. The predicted octanol–water partition coefficient (Wildman–Crippen LogP) is 3.90. The lowest BCUT2D eigenvalue weighted by Crippen LogP contribution is -2.03. The third-order valence-corrected chi connectivity index (χ3v) is 4.15. The highest BCUT2D eigenvalue weighted by Crippen LogP contribution is 2.30. The van der Waals surface area contributed by atoms with Crippen molar-refractivity contribution in [3.8, 4) is 10.6 Å². The fraction of sp³-hybridized carbons (Fsp3) is 0.143. The smallest absolute Gasteiger partial charge is 0.340 e. The SMILES string of the molecule is CC1C=C(c2csc(-c3cccc(Br)c3)n2)C(=O)O1. The Morgan fingerprint density at radius 3 is 2.95 bits per heavy atom. The fourth-order valence-corrected chi connectivity index (χ4v) is 3.13. The van der Waals surface area contributed by atoms with E-state index in [2.05, 4.69) is 20.9 Å². The van der Waals surface area contributed by atoms with Gasteiger partial charge in [-0.3, -0.25) is 0 Å². The highest BCUT2D eigenvalue weighted by atomic mass is 79.9. The Kier molecular flexibility index (Phi) is 3.24. The molecule has 5 heteroatoms. The van der Waals surface area contributed by atoms with Crippen LogP contribution in [0.3, 0.4) is 0 Å². The van der Waals surface area contributed by atoms with E-state index in [1.54, 1.807) is 0 Å². The van der Waals surface area contributed by atoms with E-state index in [4.69, 9.17) is 4.74 Å². The summed E-state index contributed by atoms with van der Waals surface area (Å²) in [6.07, 6.45) is 1.64. The van der Waals surface area contributed by atoms with E-state index in [-0.39, 0.29) is 12.1 Å². The summed E-state index contributed by atoms with van der Waals surface area (Å²) in [4.78, 5) is 16.2. The van der Waals surface area contributed by atoms with Gasteiger partial charge >= 0.3 is 5.97 Å². The summed E-state index contributed by atoms with van der Waals surface area (Å²) in [6.45, 7) is 1.84. The van der Waals surface area contributed by atoms with Crippen LogP contribution in [0.15, 0.2) is 40.2 Å². The molecule has 19 heavy (non-hydrogen) atoms. The molecule has 1 aromatic heterocycles. The van der Waals surface area contributed by atoms with Crippen LogP contribution in [0.2, 0.25) is 0 Å². The van der Waals surface area contributed by atoms with E-state index in [0.29, 0.717) is 11.3 Å². The van der Waals surface area contributed by atoms with Crippen molar-refractivity contribution in [1.82, 2.24) is 4.98 Å². The lowest BCUT2D eigenvalue weighted by atomic mass is 10.2. The first-order chi connectivity index (χ1) is 9.13. The molecule has 96 valence electrons. The number of benzene rings is 1. The molecular weight excluding hydrogens is 326 g/mol. The molecule has 3 rings (SSSR count). The first-order valence-corrected chi connectivity index (χ1v) is 7.45. The zero-order valence-electron chi connectivity index (χ0n) is 10.1. The molecule has 0 bridgehead atoms. The number of esters is 1. The van der Waals surface area contributed by atoms with Gasteiger partial charge in [-0.15, -0.1) is 11.3 Å². The highest BCUT2D eigenvalue weighted by molar-refractivity contribution is 9.10. The van der Waals surface area contributed by atoms with Crippen molar-refractivity contribution < 1.29 is 9.53 Å². The summed E-state index contributed by atoms with van der Waals surface area (Å²) in [7, 11) is 0. The largest absolute Gasteiger partial charge is 0.455 e. The van der Waals surface area contributed by atoms with E-state index < -0.39 is 0 Å². The number of carbonyl (C=O) groups is 1. The number of thiazole rings is 1. The molecule has 1 aliphatic heterocycles.